The maximum Gasteiger partial charge on any atom is 0.240 e. The van der Waals surface area contributed by atoms with Gasteiger partial charge in [0.1, 0.15) is 5.41 Å². The predicted molar refractivity (Wildman–Crippen MR) is 69.6 cm³/mol. The van der Waals surface area contributed by atoms with Crippen molar-refractivity contribution in [2.24, 2.45) is 5.41 Å². The maximum absolute atomic E-state index is 11.9. The summed E-state index contributed by atoms with van der Waals surface area (Å²) in [5.74, 6) is -0.0426. The van der Waals surface area contributed by atoms with Gasteiger partial charge < -0.3 is 5.32 Å². The quantitative estimate of drug-likeness (QED) is 0.836. The van der Waals surface area contributed by atoms with Crippen LogP contribution >= 0.6 is 11.8 Å². The van der Waals surface area contributed by atoms with Crippen LogP contribution in [0.25, 0.3) is 0 Å². The number of nitriles is 1. The molecule has 0 aromatic rings. The second kappa shape index (κ2) is 4.89. The highest BCUT2D eigenvalue weighted by Crippen LogP contribution is 2.45. The van der Waals surface area contributed by atoms with E-state index in [1.165, 1.54) is 32.1 Å². The topological polar surface area (TPSA) is 52.9 Å². The Bertz CT molecular complexity index is 338. The van der Waals surface area contributed by atoms with Crippen molar-refractivity contribution in [3.8, 4) is 6.07 Å². The lowest BCUT2D eigenvalue weighted by Gasteiger charge is -2.36. The van der Waals surface area contributed by atoms with E-state index in [1.807, 2.05) is 11.8 Å². The summed E-state index contributed by atoms with van der Waals surface area (Å²) in [6.07, 6.45) is 9.83. The number of carbonyl (C=O) groups excluding carboxylic acids is 1. The van der Waals surface area contributed by atoms with Crippen LogP contribution in [0.1, 0.15) is 44.9 Å². The number of hydrogen-bond acceptors (Lipinski definition) is 3. The summed E-state index contributed by atoms with van der Waals surface area (Å²) < 4.78 is 0.222. The van der Waals surface area contributed by atoms with Crippen molar-refractivity contribution in [3.63, 3.8) is 0 Å². The van der Waals surface area contributed by atoms with Gasteiger partial charge in [-0.05, 0) is 31.9 Å². The highest BCUT2D eigenvalue weighted by molar-refractivity contribution is 8.00. The van der Waals surface area contributed by atoms with E-state index in [2.05, 4.69) is 17.6 Å². The van der Waals surface area contributed by atoms with Crippen LogP contribution in [-0.4, -0.2) is 23.5 Å². The molecule has 0 aliphatic heterocycles. The van der Waals surface area contributed by atoms with Gasteiger partial charge >= 0.3 is 0 Å². The molecule has 0 bridgehead atoms. The SMILES string of the molecule is CSC1(CNC(=O)C2(C#N)CC2)CCCCC1. The summed E-state index contributed by atoms with van der Waals surface area (Å²) in [4.78, 5) is 11.9. The van der Waals surface area contributed by atoms with Crippen molar-refractivity contribution in [2.45, 2.75) is 49.7 Å². The minimum absolute atomic E-state index is 0.0426. The third-order valence-corrected chi connectivity index (χ3v) is 5.59. The van der Waals surface area contributed by atoms with Crippen molar-refractivity contribution in [1.82, 2.24) is 5.32 Å². The van der Waals surface area contributed by atoms with Gasteiger partial charge in [0, 0.05) is 11.3 Å². The van der Waals surface area contributed by atoms with Crippen LogP contribution in [0.4, 0.5) is 0 Å². The Kier molecular flexibility index (Phi) is 3.67. The lowest BCUT2D eigenvalue weighted by Crippen LogP contribution is -2.44. The lowest BCUT2D eigenvalue weighted by molar-refractivity contribution is -0.124. The molecular formula is C13H20N2OS. The van der Waals surface area contributed by atoms with E-state index in [0.717, 1.165) is 19.4 Å². The van der Waals surface area contributed by atoms with Gasteiger partial charge in [-0.2, -0.15) is 17.0 Å². The van der Waals surface area contributed by atoms with Crippen molar-refractivity contribution >= 4 is 17.7 Å². The number of rotatable bonds is 4. The Labute approximate surface area is 107 Å². The summed E-state index contributed by atoms with van der Waals surface area (Å²) >= 11 is 1.88. The fourth-order valence-corrected chi connectivity index (χ4v) is 3.49. The third-order valence-electron chi connectivity index (χ3n) is 4.17. The van der Waals surface area contributed by atoms with Gasteiger partial charge in [-0.3, -0.25) is 4.79 Å². The molecule has 0 heterocycles. The number of nitrogens with zero attached hydrogens (tertiary/aromatic N) is 1. The first-order valence-corrected chi connectivity index (χ1v) is 7.64. The molecule has 2 saturated carbocycles. The molecule has 4 heteroatoms. The molecule has 3 nitrogen and oxygen atoms in total. The summed E-state index contributed by atoms with van der Waals surface area (Å²) in [7, 11) is 0. The van der Waals surface area contributed by atoms with Crippen LogP contribution in [0.2, 0.25) is 0 Å². The number of amides is 1. The molecule has 2 aliphatic rings. The molecule has 0 atom stereocenters. The highest BCUT2D eigenvalue weighted by atomic mass is 32.2. The van der Waals surface area contributed by atoms with E-state index >= 15 is 0 Å². The summed E-state index contributed by atoms with van der Waals surface area (Å²) in [5, 5.41) is 12.0. The van der Waals surface area contributed by atoms with Gasteiger partial charge in [-0.25, -0.2) is 0 Å². The Balaban J connectivity index is 1.88. The molecule has 0 radical (unpaired) electrons. The summed E-state index contributed by atoms with van der Waals surface area (Å²) in [6, 6.07) is 2.15. The van der Waals surface area contributed by atoms with Gasteiger partial charge in [0.25, 0.3) is 0 Å². The van der Waals surface area contributed by atoms with E-state index in [1.54, 1.807) is 0 Å². The largest absolute Gasteiger partial charge is 0.353 e. The van der Waals surface area contributed by atoms with Gasteiger partial charge in [-0.1, -0.05) is 19.3 Å². The van der Waals surface area contributed by atoms with E-state index in [-0.39, 0.29) is 10.7 Å². The van der Waals surface area contributed by atoms with Gasteiger partial charge in [-0.15, -0.1) is 0 Å². The second-order valence-electron chi connectivity index (χ2n) is 5.32. The van der Waals surface area contributed by atoms with Crippen LogP contribution in [0, 0.1) is 16.7 Å². The fraction of sp³-hybridized carbons (Fsp3) is 0.846. The molecule has 0 saturated heterocycles. The van der Waals surface area contributed by atoms with Crippen molar-refractivity contribution in [2.75, 3.05) is 12.8 Å². The standard InChI is InChI=1S/C13H20N2OS/c1-17-13(5-3-2-4-6-13)10-15-11(16)12(9-14)7-8-12/h2-8,10H2,1H3,(H,15,16). The first-order valence-electron chi connectivity index (χ1n) is 6.41. The maximum atomic E-state index is 11.9. The van der Waals surface area contributed by atoms with Crippen LogP contribution in [0.15, 0.2) is 0 Å². The Morgan fingerprint density at radius 2 is 1.94 bits per heavy atom. The van der Waals surface area contributed by atoms with Crippen LogP contribution in [-0.2, 0) is 4.79 Å². The summed E-state index contributed by atoms with van der Waals surface area (Å²) in [6.45, 7) is 0.733. The normalized spacial score (nSPS) is 24.7. The molecular weight excluding hydrogens is 232 g/mol. The van der Waals surface area contributed by atoms with E-state index in [9.17, 15) is 4.79 Å². The number of hydrogen-bond donors (Lipinski definition) is 1. The molecule has 1 N–H and O–H groups in total. The smallest absolute Gasteiger partial charge is 0.240 e. The molecule has 0 spiro atoms. The average Bonchev–Trinajstić information content (AvgIpc) is 3.18. The lowest BCUT2D eigenvalue weighted by atomic mass is 9.88. The van der Waals surface area contributed by atoms with E-state index in [0.29, 0.717) is 0 Å². The van der Waals surface area contributed by atoms with E-state index < -0.39 is 5.41 Å². The molecule has 1 amide bonds. The predicted octanol–water partition coefficient (Wildman–Crippen LogP) is 2.47. The third kappa shape index (κ3) is 2.60. The van der Waals surface area contributed by atoms with Crippen molar-refractivity contribution < 1.29 is 4.79 Å². The number of thioether (sulfide) groups is 1. The van der Waals surface area contributed by atoms with Crippen LogP contribution < -0.4 is 5.32 Å². The van der Waals surface area contributed by atoms with Gasteiger partial charge in [0.15, 0.2) is 0 Å². The molecule has 2 rings (SSSR count). The zero-order chi connectivity index (χ0) is 12.4. The molecule has 2 fully saturated rings. The number of nitrogens with one attached hydrogen (secondary N) is 1. The molecule has 0 aromatic carbocycles. The Hall–Kier alpha value is -0.690. The molecule has 2 aliphatic carbocycles. The van der Waals surface area contributed by atoms with Gasteiger partial charge in [0.2, 0.25) is 5.91 Å². The van der Waals surface area contributed by atoms with Gasteiger partial charge in [0.05, 0.1) is 6.07 Å². The molecule has 0 unspecified atom stereocenters. The first kappa shape index (κ1) is 12.8. The highest BCUT2D eigenvalue weighted by Gasteiger charge is 2.51. The average molecular weight is 252 g/mol. The second-order valence-corrected chi connectivity index (χ2v) is 6.60. The monoisotopic (exact) mass is 252 g/mol. The zero-order valence-corrected chi connectivity index (χ0v) is 11.2. The molecule has 94 valence electrons. The fourth-order valence-electron chi connectivity index (χ4n) is 2.57. The molecule has 0 aromatic heterocycles. The molecule has 17 heavy (non-hydrogen) atoms. The Morgan fingerprint density at radius 1 is 1.29 bits per heavy atom. The number of carbonyl (C=O) groups is 1. The van der Waals surface area contributed by atoms with Crippen LogP contribution in [0.5, 0.6) is 0 Å². The van der Waals surface area contributed by atoms with Crippen LogP contribution in [0.3, 0.4) is 0 Å². The Morgan fingerprint density at radius 3 is 2.41 bits per heavy atom. The zero-order valence-electron chi connectivity index (χ0n) is 10.4. The van der Waals surface area contributed by atoms with Crippen molar-refractivity contribution in [1.29, 1.82) is 5.26 Å². The summed E-state index contributed by atoms with van der Waals surface area (Å²) in [5.41, 5.74) is -0.672. The van der Waals surface area contributed by atoms with Crippen molar-refractivity contribution in [3.05, 3.63) is 0 Å². The first-order chi connectivity index (χ1) is 8.16. The minimum Gasteiger partial charge on any atom is -0.353 e. The minimum atomic E-state index is -0.672. The van der Waals surface area contributed by atoms with E-state index in [4.69, 9.17) is 5.26 Å².